The lowest BCUT2D eigenvalue weighted by Gasteiger charge is -2.40. The van der Waals surface area contributed by atoms with Crippen molar-refractivity contribution in [3.05, 3.63) is 47.8 Å². The maximum absolute atomic E-state index is 14.9. The Kier molecular flexibility index (Phi) is 6.42. The van der Waals surface area contributed by atoms with Crippen LogP contribution in [-0.2, 0) is 4.74 Å². The van der Waals surface area contributed by atoms with E-state index >= 15 is 0 Å². The number of carbonyl (C=O) groups excluding carboxylic acids is 1. The molecule has 1 fully saturated rings. The minimum Gasteiger partial charge on any atom is -0.465 e. The van der Waals surface area contributed by atoms with Gasteiger partial charge in [0, 0.05) is 17.8 Å². The van der Waals surface area contributed by atoms with Gasteiger partial charge in [-0.3, -0.25) is 0 Å². The van der Waals surface area contributed by atoms with Crippen molar-refractivity contribution < 1.29 is 31.8 Å². The molecule has 35 heavy (non-hydrogen) atoms. The van der Waals surface area contributed by atoms with Gasteiger partial charge in [-0.15, -0.1) is 13.2 Å². The Morgan fingerprint density at radius 1 is 1.17 bits per heavy atom. The maximum Gasteiger partial charge on any atom is 0.573 e. The minimum atomic E-state index is -4.78. The first-order valence-electron chi connectivity index (χ1n) is 11.3. The van der Waals surface area contributed by atoms with Crippen LogP contribution in [0.1, 0.15) is 56.4 Å². The molecule has 6 nitrogen and oxygen atoms in total. The second-order valence-electron chi connectivity index (χ2n) is 9.88. The van der Waals surface area contributed by atoms with E-state index in [1.165, 1.54) is 43.5 Å². The predicted molar refractivity (Wildman–Crippen MR) is 123 cm³/mol. The topological polar surface area (TPSA) is 65.4 Å². The van der Waals surface area contributed by atoms with E-state index in [0.717, 1.165) is 19.3 Å². The maximum atomic E-state index is 14.9. The number of alkyl halides is 3. The molecule has 1 saturated carbocycles. The Labute approximate surface area is 200 Å². The van der Waals surface area contributed by atoms with E-state index in [-0.39, 0.29) is 22.8 Å². The molecule has 1 heterocycles. The fraction of sp³-hybridized carbons (Fsp3) is 0.440. The second-order valence-corrected chi connectivity index (χ2v) is 9.88. The van der Waals surface area contributed by atoms with E-state index in [0.29, 0.717) is 28.6 Å². The van der Waals surface area contributed by atoms with Gasteiger partial charge in [-0.05, 0) is 60.9 Å². The molecule has 0 radical (unpaired) electrons. The molecule has 10 heteroatoms. The first kappa shape index (κ1) is 24.8. The molecule has 1 aliphatic carbocycles. The Balaban J connectivity index is 1.77. The van der Waals surface area contributed by atoms with Crippen molar-refractivity contribution in [2.24, 2.45) is 11.3 Å². The van der Waals surface area contributed by atoms with Gasteiger partial charge in [0.05, 0.1) is 23.7 Å². The lowest BCUT2D eigenvalue weighted by Crippen LogP contribution is -2.29. The quantitative estimate of drug-likeness (QED) is 0.307. The highest BCUT2D eigenvalue weighted by atomic mass is 19.4. The van der Waals surface area contributed by atoms with E-state index in [2.05, 4.69) is 40.5 Å². The summed E-state index contributed by atoms with van der Waals surface area (Å²) in [6, 6.07) is 7.92. The molecule has 2 aromatic carbocycles. The number of carbonyl (C=O) groups is 1. The fourth-order valence-electron chi connectivity index (χ4n) is 5.20. The van der Waals surface area contributed by atoms with Crippen molar-refractivity contribution in [1.29, 1.82) is 0 Å². The number of hydrogen-bond donors (Lipinski definition) is 1. The number of esters is 1. The Morgan fingerprint density at radius 3 is 2.46 bits per heavy atom. The molecular weight excluding hydrogens is 466 g/mol. The van der Waals surface area contributed by atoms with Gasteiger partial charge in [0.1, 0.15) is 11.6 Å². The molecular formula is C25H27F4N3O3. The number of fused-ring (bicyclic) bond motifs is 1. The normalized spacial score (nSPS) is 20.0. The summed E-state index contributed by atoms with van der Waals surface area (Å²) in [4.78, 5) is 16.6. The average molecular weight is 494 g/mol. The number of methoxy groups -OCH3 is 1. The Morgan fingerprint density at radius 2 is 1.86 bits per heavy atom. The zero-order valence-corrected chi connectivity index (χ0v) is 19.9. The molecule has 0 spiro atoms. The number of nitrogens with zero attached hydrogens (tertiary/aromatic N) is 2. The third-order valence-corrected chi connectivity index (χ3v) is 6.26. The summed E-state index contributed by atoms with van der Waals surface area (Å²) in [6.07, 6.45) is -2.05. The number of rotatable bonds is 5. The van der Waals surface area contributed by atoms with Crippen LogP contribution in [0.4, 0.5) is 29.2 Å². The van der Waals surface area contributed by atoms with Gasteiger partial charge in [0.2, 0.25) is 5.95 Å². The molecule has 2 atom stereocenters. The largest absolute Gasteiger partial charge is 0.573 e. The van der Waals surface area contributed by atoms with Crippen LogP contribution in [0.25, 0.3) is 11.0 Å². The standard InChI is InChI=1S/C25H27F4N3O3/c1-14-9-16(13-24(2,3)12-14)32-21-11-19(26)18(22(33)34-4)10-20(21)31-23(32)30-15-5-7-17(8-6-15)35-25(27,28)29/h5-8,10-11,14,16H,9,12-13H2,1-4H3,(H,30,31)/t14-,16-/m0/s1. The van der Waals surface area contributed by atoms with Crippen LogP contribution in [-0.4, -0.2) is 29.0 Å². The van der Waals surface area contributed by atoms with Gasteiger partial charge in [0.25, 0.3) is 0 Å². The summed E-state index contributed by atoms with van der Waals surface area (Å²) in [5.41, 5.74) is 1.24. The summed E-state index contributed by atoms with van der Waals surface area (Å²) in [6.45, 7) is 6.56. The summed E-state index contributed by atoms with van der Waals surface area (Å²) >= 11 is 0. The molecule has 1 aromatic heterocycles. The van der Waals surface area contributed by atoms with E-state index in [4.69, 9.17) is 0 Å². The Bertz CT molecular complexity index is 1240. The number of imidazole rings is 1. The molecule has 1 aliphatic rings. The Hall–Kier alpha value is -3.30. The molecule has 0 aliphatic heterocycles. The van der Waals surface area contributed by atoms with Crippen LogP contribution in [0.2, 0.25) is 0 Å². The monoisotopic (exact) mass is 493 g/mol. The van der Waals surface area contributed by atoms with Crippen molar-refractivity contribution in [2.75, 3.05) is 12.4 Å². The number of anilines is 2. The second kappa shape index (κ2) is 9.05. The molecule has 0 bridgehead atoms. The number of nitrogens with one attached hydrogen (secondary N) is 1. The SMILES string of the molecule is COC(=O)c1cc2nc(Nc3ccc(OC(F)(F)F)cc3)n([C@H]3C[C@H](C)CC(C)(C)C3)c2cc1F. The number of ether oxygens (including phenoxy) is 2. The van der Waals surface area contributed by atoms with Crippen molar-refractivity contribution in [3.8, 4) is 5.75 Å². The molecule has 3 aromatic rings. The lowest BCUT2D eigenvalue weighted by molar-refractivity contribution is -0.274. The molecule has 188 valence electrons. The van der Waals surface area contributed by atoms with E-state index in [9.17, 15) is 22.4 Å². The van der Waals surface area contributed by atoms with Crippen LogP contribution in [0.3, 0.4) is 0 Å². The van der Waals surface area contributed by atoms with Gasteiger partial charge in [-0.1, -0.05) is 20.8 Å². The highest BCUT2D eigenvalue weighted by Crippen LogP contribution is 2.46. The minimum absolute atomic E-state index is 0.00235. The summed E-state index contributed by atoms with van der Waals surface area (Å²) in [5.74, 6) is -1.04. The zero-order valence-electron chi connectivity index (χ0n) is 19.9. The average Bonchev–Trinajstić information content (AvgIpc) is 3.08. The highest BCUT2D eigenvalue weighted by Gasteiger charge is 2.35. The van der Waals surface area contributed by atoms with Gasteiger partial charge in [0.15, 0.2) is 0 Å². The van der Waals surface area contributed by atoms with Gasteiger partial charge < -0.3 is 19.4 Å². The van der Waals surface area contributed by atoms with Crippen LogP contribution in [0, 0.1) is 17.2 Å². The predicted octanol–water partition coefficient (Wildman–Crippen LogP) is 6.99. The number of benzene rings is 2. The van der Waals surface area contributed by atoms with Crippen molar-refractivity contribution in [2.45, 2.75) is 52.4 Å². The molecule has 1 N–H and O–H groups in total. The zero-order chi connectivity index (χ0) is 25.5. The van der Waals surface area contributed by atoms with Crippen LogP contribution < -0.4 is 10.1 Å². The van der Waals surface area contributed by atoms with Crippen molar-refractivity contribution in [3.63, 3.8) is 0 Å². The summed E-state index contributed by atoms with van der Waals surface area (Å²) in [5, 5.41) is 3.15. The van der Waals surface area contributed by atoms with Gasteiger partial charge >= 0.3 is 12.3 Å². The number of hydrogen-bond acceptors (Lipinski definition) is 5. The van der Waals surface area contributed by atoms with Crippen molar-refractivity contribution in [1.82, 2.24) is 9.55 Å². The van der Waals surface area contributed by atoms with Gasteiger partial charge in [-0.2, -0.15) is 0 Å². The molecule has 0 unspecified atom stereocenters. The van der Waals surface area contributed by atoms with Crippen molar-refractivity contribution >= 4 is 28.6 Å². The number of aromatic nitrogens is 2. The molecule has 4 rings (SSSR count). The van der Waals surface area contributed by atoms with E-state index < -0.39 is 18.1 Å². The first-order chi connectivity index (χ1) is 16.3. The number of halogens is 4. The van der Waals surface area contributed by atoms with Gasteiger partial charge in [-0.25, -0.2) is 14.2 Å². The highest BCUT2D eigenvalue weighted by molar-refractivity contribution is 5.94. The molecule has 0 amide bonds. The van der Waals surface area contributed by atoms with E-state index in [1.54, 1.807) is 0 Å². The third-order valence-electron chi connectivity index (χ3n) is 6.26. The first-order valence-corrected chi connectivity index (χ1v) is 11.3. The smallest absolute Gasteiger partial charge is 0.465 e. The summed E-state index contributed by atoms with van der Waals surface area (Å²) < 4.78 is 62.9. The van der Waals surface area contributed by atoms with Crippen LogP contribution >= 0.6 is 0 Å². The van der Waals surface area contributed by atoms with E-state index in [1.807, 2.05) is 4.57 Å². The van der Waals surface area contributed by atoms with Crippen LogP contribution in [0.15, 0.2) is 36.4 Å². The molecule has 0 saturated heterocycles. The third kappa shape index (κ3) is 5.52. The fourth-order valence-corrected chi connectivity index (χ4v) is 5.20. The van der Waals surface area contributed by atoms with Crippen LogP contribution in [0.5, 0.6) is 5.75 Å². The lowest BCUT2D eigenvalue weighted by atomic mass is 9.70. The summed E-state index contributed by atoms with van der Waals surface area (Å²) in [7, 11) is 1.18.